The molecule has 0 aromatic carbocycles. The molecule has 1 heterocycles. The molecule has 7 heteroatoms. The summed E-state index contributed by atoms with van der Waals surface area (Å²) in [5, 5.41) is 11.4. The summed E-state index contributed by atoms with van der Waals surface area (Å²) in [6, 6.07) is 3.62. The molecule has 18 heavy (non-hydrogen) atoms. The molecule has 0 atom stereocenters. The molecule has 0 aliphatic heterocycles. The van der Waals surface area contributed by atoms with Gasteiger partial charge in [0.15, 0.2) is 0 Å². The summed E-state index contributed by atoms with van der Waals surface area (Å²) >= 11 is 4.99. The first-order valence-corrected chi connectivity index (χ1v) is 7.12. The van der Waals surface area contributed by atoms with E-state index < -0.39 is 5.97 Å². The summed E-state index contributed by atoms with van der Waals surface area (Å²) in [7, 11) is 0. The number of nitrogens with zero attached hydrogens (tertiary/aromatic N) is 1. The van der Waals surface area contributed by atoms with Crippen LogP contribution in [0.4, 0.5) is 4.79 Å². The molecule has 0 spiro atoms. The van der Waals surface area contributed by atoms with E-state index >= 15 is 0 Å². The lowest BCUT2D eigenvalue weighted by molar-refractivity contribution is -0.137. The van der Waals surface area contributed by atoms with E-state index in [1.807, 2.05) is 12.1 Å². The van der Waals surface area contributed by atoms with E-state index in [-0.39, 0.29) is 12.6 Å². The van der Waals surface area contributed by atoms with Crippen molar-refractivity contribution in [2.24, 2.45) is 0 Å². The molecule has 5 nitrogen and oxygen atoms in total. The summed E-state index contributed by atoms with van der Waals surface area (Å²) in [6.45, 7) is 2.36. The van der Waals surface area contributed by atoms with Crippen molar-refractivity contribution < 1.29 is 14.7 Å². The number of hydrogen-bond acceptors (Lipinski definition) is 3. The molecule has 1 aromatic rings. The number of carbonyl (C=O) groups is 2. The molecule has 0 radical (unpaired) electrons. The largest absolute Gasteiger partial charge is 0.480 e. The highest BCUT2D eigenvalue weighted by molar-refractivity contribution is 9.11. The van der Waals surface area contributed by atoms with Gasteiger partial charge in [0, 0.05) is 18.0 Å². The normalized spacial score (nSPS) is 10.1. The zero-order chi connectivity index (χ0) is 13.5. The van der Waals surface area contributed by atoms with E-state index in [1.165, 1.54) is 9.78 Å². The Kier molecular flexibility index (Phi) is 6.14. The number of thiophene rings is 1. The van der Waals surface area contributed by atoms with E-state index in [0.717, 1.165) is 10.2 Å². The number of halogens is 1. The van der Waals surface area contributed by atoms with E-state index in [1.54, 1.807) is 18.3 Å². The molecule has 0 bridgehead atoms. The minimum atomic E-state index is -1.01. The van der Waals surface area contributed by atoms with Crippen LogP contribution in [0.5, 0.6) is 0 Å². The lowest BCUT2D eigenvalue weighted by Gasteiger charge is -2.18. The number of rotatable bonds is 6. The molecule has 0 fully saturated rings. The van der Waals surface area contributed by atoms with Gasteiger partial charge < -0.3 is 15.3 Å². The highest BCUT2D eigenvalue weighted by atomic mass is 79.9. The summed E-state index contributed by atoms with van der Waals surface area (Å²) in [4.78, 5) is 24.6. The minimum absolute atomic E-state index is 0.271. The summed E-state index contributed by atoms with van der Waals surface area (Å²) in [5.41, 5.74) is 0. The van der Waals surface area contributed by atoms with Crippen molar-refractivity contribution in [2.45, 2.75) is 13.3 Å². The first-order chi connectivity index (χ1) is 8.52. The topological polar surface area (TPSA) is 69.6 Å². The number of carboxylic acid groups (broad SMARTS) is 1. The van der Waals surface area contributed by atoms with Gasteiger partial charge in [-0.15, -0.1) is 11.3 Å². The lowest BCUT2D eigenvalue weighted by Crippen LogP contribution is -2.43. The van der Waals surface area contributed by atoms with Crippen LogP contribution in [0.1, 0.15) is 11.8 Å². The van der Waals surface area contributed by atoms with E-state index in [9.17, 15) is 9.59 Å². The quantitative estimate of drug-likeness (QED) is 0.837. The first kappa shape index (κ1) is 15.0. The predicted octanol–water partition coefficient (Wildman–Crippen LogP) is 2.17. The number of amides is 2. The Labute approximate surface area is 118 Å². The smallest absolute Gasteiger partial charge is 0.323 e. The number of nitrogens with one attached hydrogen (secondary N) is 1. The molecule has 0 unspecified atom stereocenters. The Morgan fingerprint density at radius 3 is 2.72 bits per heavy atom. The van der Waals surface area contributed by atoms with Gasteiger partial charge in [-0.25, -0.2) is 4.79 Å². The standard InChI is InChI=1S/C11H15BrN2O3S/c1-2-14(7-10(15)16)11(17)13-6-5-8-3-4-9(12)18-8/h3-4H,2,5-7H2,1H3,(H,13,17)(H,15,16). The van der Waals surface area contributed by atoms with Crippen molar-refractivity contribution in [3.05, 3.63) is 20.8 Å². The fourth-order valence-corrected chi connectivity index (χ4v) is 2.86. The van der Waals surface area contributed by atoms with Gasteiger partial charge >= 0.3 is 12.0 Å². The van der Waals surface area contributed by atoms with Crippen molar-refractivity contribution in [1.82, 2.24) is 10.2 Å². The number of likely N-dealkylation sites (N-methyl/N-ethyl adjacent to an activating group) is 1. The summed E-state index contributed by atoms with van der Waals surface area (Å²) < 4.78 is 1.06. The van der Waals surface area contributed by atoms with Crippen LogP contribution in [0.25, 0.3) is 0 Å². The van der Waals surface area contributed by atoms with Gasteiger partial charge in [-0.05, 0) is 41.4 Å². The number of urea groups is 1. The van der Waals surface area contributed by atoms with Gasteiger partial charge in [0.05, 0.1) is 3.79 Å². The van der Waals surface area contributed by atoms with Gasteiger partial charge in [-0.2, -0.15) is 0 Å². The molecule has 0 saturated heterocycles. The van der Waals surface area contributed by atoms with Crippen molar-refractivity contribution in [3.8, 4) is 0 Å². The monoisotopic (exact) mass is 334 g/mol. The van der Waals surface area contributed by atoms with Gasteiger partial charge in [0.2, 0.25) is 0 Å². The SMILES string of the molecule is CCN(CC(=O)O)C(=O)NCCc1ccc(Br)s1. The van der Waals surface area contributed by atoms with Crippen LogP contribution in [-0.4, -0.2) is 41.6 Å². The van der Waals surface area contributed by atoms with Crippen LogP contribution in [0.2, 0.25) is 0 Å². The van der Waals surface area contributed by atoms with Gasteiger partial charge in [0.1, 0.15) is 6.54 Å². The molecule has 2 amide bonds. The number of hydrogen-bond donors (Lipinski definition) is 2. The van der Waals surface area contributed by atoms with Crippen molar-refractivity contribution >= 4 is 39.3 Å². The summed E-state index contributed by atoms with van der Waals surface area (Å²) in [6.07, 6.45) is 0.743. The fourth-order valence-electron chi connectivity index (χ4n) is 1.38. The van der Waals surface area contributed by atoms with E-state index in [0.29, 0.717) is 13.1 Å². The molecule has 0 saturated carbocycles. The average molecular weight is 335 g/mol. The molecule has 2 N–H and O–H groups in total. The van der Waals surface area contributed by atoms with Crippen LogP contribution in [0.15, 0.2) is 15.9 Å². The zero-order valence-corrected chi connectivity index (χ0v) is 12.4. The van der Waals surface area contributed by atoms with E-state index in [4.69, 9.17) is 5.11 Å². The Bertz CT molecular complexity index is 422. The predicted molar refractivity (Wildman–Crippen MR) is 74.0 cm³/mol. The maximum atomic E-state index is 11.7. The van der Waals surface area contributed by atoms with Crippen LogP contribution in [-0.2, 0) is 11.2 Å². The first-order valence-electron chi connectivity index (χ1n) is 5.51. The molecule has 100 valence electrons. The molecule has 0 aliphatic carbocycles. The van der Waals surface area contributed by atoms with Gasteiger partial charge in [0.25, 0.3) is 0 Å². The fraction of sp³-hybridized carbons (Fsp3) is 0.455. The Balaban J connectivity index is 2.33. The van der Waals surface area contributed by atoms with Crippen LogP contribution in [0, 0.1) is 0 Å². The van der Waals surface area contributed by atoms with Crippen LogP contribution >= 0.6 is 27.3 Å². The van der Waals surface area contributed by atoms with E-state index in [2.05, 4.69) is 21.2 Å². The van der Waals surface area contributed by atoms with Crippen LogP contribution in [0.3, 0.4) is 0 Å². The Hall–Kier alpha value is -1.08. The lowest BCUT2D eigenvalue weighted by atomic mass is 10.3. The third-order valence-corrected chi connectivity index (χ3v) is 3.95. The summed E-state index contributed by atoms with van der Waals surface area (Å²) in [5.74, 6) is -1.01. The number of carboxylic acids is 1. The third-order valence-electron chi connectivity index (χ3n) is 2.27. The second kappa shape index (κ2) is 7.38. The zero-order valence-electron chi connectivity index (χ0n) is 9.98. The Morgan fingerprint density at radius 2 is 2.22 bits per heavy atom. The highest BCUT2D eigenvalue weighted by Gasteiger charge is 2.13. The average Bonchev–Trinajstić information content (AvgIpc) is 2.71. The Morgan fingerprint density at radius 1 is 1.50 bits per heavy atom. The molecular weight excluding hydrogens is 320 g/mol. The molecule has 0 aliphatic rings. The third kappa shape index (κ3) is 5.05. The second-order valence-electron chi connectivity index (χ2n) is 3.60. The van der Waals surface area contributed by atoms with Gasteiger partial charge in [-0.1, -0.05) is 0 Å². The molecular formula is C11H15BrN2O3S. The van der Waals surface area contributed by atoms with Gasteiger partial charge in [-0.3, -0.25) is 4.79 Å². The maximum Gasteiger partial charge on any atom is 0.323 e. The number of aliphatic carboxylic acids is 1. The molecule has 1 rings (SSSR count). The van der Waals surface area contributed by atoms with Crippen molar-refractivity contribution in [3.63, 3.8) is 0 Å². The van der Waals surface area contributed by atoms with Crippen molar-refractivity contribution in [1.29, 1.82) is 0 Å². The molecule has 1 aromatic heterocycles. The van der Waals surface area contributed by atoms with Crippen molar-refractivity contribution in [2.75, 3.05) is 19.6 Å². The second-order valence-corrected chi connectivity index (χ2v) is 6.14. The highest BCUT2D eigenvalue weighted by Crippen LogP contribution is 2.21. The maximum absolute atomic E-state index is 11.7. The minimum Gasteiger partial charge on any atom is -0.480 e. The van der Waals surface area contributed by atoms with Crippen LogP contribution < -0.4 is 5.32 Å². The number of carbonyl (C=O) groups excluding carboxylic acids is 1.